The molecule has 0 radical (unpaired) electrons. The fourth-order valence-corrected chi connectivity index (χ4v) is 4.71. The molecule has 3 rings (SSSR count). The molecule has 172 valence electrons. The molecule has 0 saturated carbocycles. The molecule has 1 heterocycles. The van der Waals surface area contributed by atoms with Crippen LogP contribution in [0, 0.1) is 10.1 Å². The number of thioether (sulfide) groups is 1. The van der Waals surface area contributed by atoms with Gasteiger partial charge in [0.15, 0.2) is 0 Å². The van der Waals surface area contributed by atoms with E-state index in [2.05, 4.69) is 5.32 Å². The van der Waals surface area contributed by atoms with Gasteiger partial charge in [-0.25, -0.2) is 13.6 Å². The van der Waals surface area contributed by atoms with Crippen LogP contribution in [0.25, 0.3) is 6.08 Å². The van der Waals surface area contributed by atoms with Crippen molar-refractivity contribution >= 4 is 67.6 Å². The Kier molecular flexibility index (Phi) is 7.58. The van der Waals surface area contributed by atoms with E-state index in [1.165, 1.54) is 41.3 Å². The van der Waals surface area contributed by atoms with Crippen molar-refractivity contribution in [2.75, 3.05) is 11.9 Å². The number of nitrogens with zero attached hydrogens (tertiary/aromatic N) is 2. The van der Waals surface area contributed by atoms with Gasteiger partial charge in [0.25, 0.3) is 11.6 Å². The summed E-state index contributed by atoms with van der Waals surface area (Å²) in [6, 6.07) is 11.3. The Morgan fingerprint density at radius 3 is 2.39 bits per heavy atom. The first kappa shape index (κ1) is 24.5. The van der Waals surface area contributed by atoms with E-state index in [0.717, 1.165) is 11.8 Å². The first-order valence-corrected chi connectivity index (χ1v) is 12.2. The van der Waals surface area contributed by atoms with Gasteiger partial charge in [0, 0.05) is 30.8 Å². The molecule has 0 bridgehead atoms. The number of benzene rings is 2. The molecular weight excluding hydrogens is 488 g/mol. The lowest BCUT2D eigenvalue weighted by Crippen LogP contribution is -2.29. The third-order valence-electron chi connectivity index (χ3n) is 4.53. The highest BCUT2D eigenvalue weighted by Gasteiger charge is 2.31. The Balaban J connectivity index is 1.53. The van der Waals surface area contributed by atoms with Gasteiger partial charge < -0.3 is 5.32 Å². The lowest BCUT2D eigenvalue weighted by molar-refractivity contribution is -0.384. The van der Waals surface area contributed by atoms with Crippen LogP contribution >= 0.6 is 24.0 Å². The van der Waals surface area contributed by atoms with Crippen LogP contribution in [0.4, 0.5) is 11.4 Å². The molecule has 0 spiro atoms. The fourth-order valence-electron chi connectivity index (χ4n) is 2.89. The van der Waals surface area contributed by atoms with E-state index in [4.69, 9.17) is 17.4 Å². The molecule has 1 aliphatic rings. The van der Waals surface area contributed by atoms with Gasteiger partial charge in [-0.2, -0.15) is 0 Å². The summed E-state index contributed by atoms with van der Waals surface area (Å²) in [5.41, 5.74) is 1.01. The molecule has 2 amide bonds. The number of rotatable bonds is 8. The Bertz CT molecular complexity index is 1240. The monoisotopic (exact) mass is 506 g/mol. The second-order valence-corrected chi connectivity index (χ2v) is 10.1. The second-order valence-electron chi connectivity index (χ2n) is 6.90. The number of nitrogens with one attached hydrogen (secondary N) is 1. The lowest BCUT2D eigenvalue weighted by atomic mass is 10.2. The smallest absolute Gasteiger partial charge is 0.269 e. The summed E-state index contributed by atoms with van der Waals surface area (Å²) in [6.45, 7) is 0.250. The third kappa shape index (κ3) is 6.44. The lowest BCUT2D eigenvalue weighted by Gasteiger charge is -2.14. The number of sulfonamides is 1. The molecule has 1 aliphatic heterocycles. The number of carbonyl (C=O) groups is 2. The van der Waals surface area contributed by atoms with Crippen molar-refractivity contribution < 1.29 is 22.9 Å². The van der Waals surface area contributed by atoms with E-state index in [1.807, 2.05) is 0 Å². The summed E-state index contributed by atoms with van der Waals surface area (Å²) >= 11 is 6.40. The van der Waals surface area contributed by atoms with Crippen molar-refractivity contribution in [3.05, 3.63) is 69.1 Å². The zero-order chi connectivity index (χ0) is 24.2. The van der Waals surface area contributed by atoms with E-state index < -0.39 is 14.9 Å². The zero-order valence-corrected chi connectivity index (χ0v) is 19.4. The predicted molar refractivity (Wildman–Crippen MR) is 129 cm³/mol. The molecule has 33 heavy (non-hydrogen) atoms. The minimum atomic E-state index is -3.81. The van der Waals surface area contributed by atoms with E-state index in [9.17, 15) is 28.1 Å². The van der Waals surface area contributed by atoms with Crippen LogP contribution in [0.15, 0.2) is 58.3 Å². The summed E-state index contributed by atoms with van der Waals surface area (Å²) in [4.78, 5) is 36.8. The summed E-state index contributed by atoms with van der Waals surface area (Å²) in [7, 11) is -3.81. The number of hydrogen-bond acceptors (Lipinski definition) is 8. The Morgan fingerprint density at radius 1 is 1.18 bits per heavy atom. The van der Waals surface area contributed by atoms with Crippen molar-refractivity contribution in [2.45, 2.75) is 17.7 Å². The summed E-state index contributed by atoms with van der Waals surface area (Å²) in [6.07, 6.45) is 2.09. The largest absolute Gasteiger partial charge is 0.326 e. The van der Waals surface area contributed by atoms with Crippen LogP contribution in [0.5, 0.6) is 0 Å². The van der Waals surface area contributed by atoms with Gasteiger partial charge >= 0.3 is 0 Å². The number of non-ortho nitro benzene ring substituents is 1. The molecule has 13 heteroatoms. The van der Waals surface area contributed by atoms with Crippen molar-refractivity contribution in [3.8, 4) is 0 Å². The van der Waals surface area contributed by atoms with Crippen LogP contribution in [-0.2, 0) is 19.6 Å². The predicted octanol–water partition coefficient (Wildman–Crippen LogP) is 2.86. The number of nitro benzene ring substituents is 1. The molecule has 0 aromatic heterocycles. The highest BCUT2D eigenvalue weighted by molar-refractivity contribution is 8.26. The summed E-state index contributed by atoms with van der Waals surface area (Å²) < 4.78 is 22.9. The average Bonchev–Trinajstić information content (AvgIpc) is 3.01. The van der Waals surface area contributed by atoms with Gasteiger partial charge in [0.2, 0.25) is 15.9 Å². The third-order valence-corrected chi connectivity index (χ3v) is 6.83. The number of hydrogen-bond donors (Lipinski definition) is 2. The molecule has 2 aromatic carbocycles. The average molecular weight is 507 g/mol. The van der Waals surface area contributed by atoms with Gasteiger partial charge in [0.1, 0.15) is 4.32 Å². The SMILES string of the molecule is NS(=O)(=O)c1ccc(NC(=O)CCCN2C(=O)/C(=C/c3ccc([N+](=O)[O-])cc3)SC2=S)cc1. The second kappa shape index (κ2) is 10.2. The van der Waals surface area contributed by atoms with E-state index in [0.29, 0.717) is 26.9 Å². The van der Waals surface area contributed by atoms with Gasteiger partial charge in [0.05, 0.1) is 14.7 Å². The quantitative estimate of drug-likeness (QED) is 0.240. The number of amides is 2. The van der Waals surface area contributed by atoms with E-state index in [-0.39, 0.29) is 35.4 Å². The molecule has 0 unspecified atom stereocenters. The van der Waals surface area contributed by atoms with Crippen LogP contribution in [0.2, 0.25) is 0 Å². The summed E-state index contributed by atoms with van der Waals surface area (Å²) in [5.74, 6) is -0.590. The van der Waals surface area contributed by atoms with Gasteiger partial charge in [-0.3, -0.25) is 24.6 Å². The molecule has 2 aromatic rings. The van der Waals surface area contributed by atoms with Crippen LogP contribution in [0.3, 0.4) is 0 Å². The number of primary sulfonamides is 1. The molecule has 10 nitrogen and oxygen atoms in total. The van der Waals surface area contributed by atoms with Crippen molar-refractivity contribution in [1.82, 2.24) is 4.90 Å². The Labute approximate surface area is 199 Å². The molecular formula is C20H18N4O6S3. The van der Waals surface area contributed by atoms with Crippen LogP contribution in [0.1, 0.15) is 18.4 Å². The molecule has 1 saturated heterocycles. The van der Waals surface area contributed by atoms with E-state index in [1.54, 1.807) is 18.2 Å². The molecule has 3 N–H and O–H groups in total. The molecule has 0 aliphatic carbocycles. The normalized spacial score (nSPS) is 15.2. The topological polar surface area (TPSA) is 153 Å². The van der Waals surface area contributed by atoms with Crippen LogP contribution < -0.4 is 10.5 Å². The maximum absolute atomic E-state index is 12.7. The van der Waals surface area contributed by atoms with Crippen molar-refractivity contribution in [2.24, 2.45) is 5.14 Å². The number of thiocarbonyl (C=S) groups is 1. The zero-order valence-electron chi connectivity index (χ0n) is 17.0. The fraction of sp³-hybridized carbons (Fsp3) is 0.150. The number of nitrogens with two attached hydrogens (primary N) is 1. The molecule has 1 fully saturated rings. The van der Waals surface area contributed by atoms with Gasteiger partial charge in [-0.05, 0) is 54.5 Å². The number of nitro groups is 1. The first-order chi connectivity index (χ1) is 15.5. The standard InChI is InChI=1S/C20H18N4O6S3/c21-33(29,30)16-9-5-14(6-10-16)22-18(25)2-1-11-23-19(26)17(32-20(23)31)12-13-3-7-15(8-4-13)24(27)28/h3-10,12H,1-2,11H2,(H,22,25)(H2,21,29,30)/b17-12-. The van der Waals surface area contributed by atoms with Crippen LogP contribution in [-0.4, -0.2) is 40.9 Å². The van der Waals surface area contributed by atoms with Crippen molar-refractivity contribution in [3.63, 3.8) is 0 Å². The Hall–Kier alpha value is -3.13. The number of carbonyl (C=O) groups excluding carboxylic acids is 2. The van der Waals surface area contributed by atoms with Gasteiger partial charge in [-0.15, -0.1) is 0 Å². The maximum Gasteiger partial charge on any atom is 0.269 e. The summed E-state index contributed by atoms with van der Waals surface area (Å²) in [5, 5.41) is 18.4. The maximum atomic E-state index is 12.7. The highest BCUT2D eigenvalue weighted by atomic mass is 32.2. The van der Waals surface area contributed by atoms with Gasteiger partial charge in [-0.1, -0.05) is 24.0 Å². The highest BCUT2D eigenvalue weighted by Crippen LogP contribution is 2.33. The number of anilines is 1. The first-order valence-electron chi connectivity index (χ1n) is 9.47. The van der Waals surface area contributed by atoms with E-state index >= 15 is 0 Å². The molecule has 0 atom stereocenters. The minimum absolute atomic E-state index is 0.0432. The minimum Gasteiger partial charge on any atom is -0.326 e. The van der Waals surface area contributed by atoms with Crippen molar-refractivity contribution in [1.29, 1.82) is 0 Å². The Morgan fingerprint density at radius 2 is 1.82 bits per heavy atom.